The molecule has 1 atom stereocenters. The topological polar surface area (TPSA) is 52.0 Å². The Hall–Kier alpha value is -1.60. The van der Waals surface area contributed by atoms with E-state index < -0.39 is 0 Å². The lowest BCUT2D eigenvalue weighted by atomic mass is 9.88. The number of pyridine rings is 1. The Kier molecular flexibility index (Phi) is 3.88. The molecule has 3 heterocycles. The molecule has 2 aliphatic heterocycles. The van der Waals surface area contributed by atoms with Gasteiger partial charge in [-0.05, 0) is 57.2 Å². The summed E-state index contributed by atoms with van der Waals surface area (Å²) in [5.41, 5.74) is 1.64. The van der Waals surface area contributed by atoms with Gasteiger partial charge in [-0.25, -0.2) is 4.98 Å². The van der Waals surface area contributed by atoms with Crippen LogP contribution < -0.4 is 10.2 Å². The Labute approximate surface area is 120 Å². The van der Waals surface area contributed by atoms with E-state index in [9.17, 15) is 0 Å². The van der Waals surface area contributed by atoms with Crippen molar-refractivity contribution in [2.75, 3.05) is 24.5 Å². The summed E-state index contributed by atoms with van der Waals surface area (Å²) >= 11 is 0. The molecule has 1 aromatic rings. The second-order valence-electron chi connectivity index (χ2n) is 5.99. The highest BCUT2D eigenvalue weighted by atomic mass is 15.2. The number of aromatic nitrogens is 1. The summed E-state index contributed by atoms with van der Waals surface area (Å²) < 4.78 is 0. The molecule has 1 unspecified atom stereocenters. The zero-order valence-electron chi connectivity index (χ0n) is 12.1. The van der Waals surface area contributed by atoms with Crippen LogP contribution in [0.2, 0.25) is 0 Å². The van der Waals surface area contributed by atoms with Crippen LogP contribution in [0.25, 0.3) is 0 Å². The van der Waals surface area contributed by atoms with Crippen molar-refractivity contribution < 1.29 is 0 Å². The SMILES string of the molecule is Cc1cc(C#N)cc(N2CCC(C3CCCN3)CC2)n1. The second kappa shape index (κ2) is 5.80. The van der Waals surface area contributed by atoms with Crippen LogP contribution in [0.15, 0.2) is 12.1 Å². The van der Waals surface area contributed by atoms with Crippen LogP contribution in [0.4, 0.5) is 5.82 Å². The first kappa shape index (κ1) is 13.4. The van der Waals surface area contributed by atoms with Gasteiger partial charge in [-0.1, -0.05) is 0 Å². The number of nitrogens with zero attached hydrogens (tertiary/aromatic N) is 3. The fourth-order valence-electron chi connectivity index (χ4n) is 3.52. The highest BCUT2D eigenvalue weighted by Crippen LogP contribution is 2.28. The number of hydrogen-bond donors (Lipinski definition) is 1. The molecule has 0 aliphatic carbocycles. The largest absolute Gasteiger partial charge is 0.357 e. The summed E-state index contributed by atoms with van der Waals surface area (Å²) in [5, 5.41) is 12.7. The quantitative estimate of drug-likeness (QED) is 0.895. The number of nitrogens with one attached hydrogen (secondary N) is 1. The zero-order chi connectivity index (χ0) is 13.9. The lowest BCUT2D eigenvalue weighted by Gasteiger charge is -2.35. The molecule has 0 bridgehead atoms. The molecule has 0 saturated carbocycles. The molecule has 3 rings (SSSR count). The fourth-order valence-corrected chi connectivity index (χ4v) is 3.52. The van der Waals surface area contributed by atoms with Crippen molar-refractivity contribution in [2.24, 2.45) is 5.92 Å². The summed E-state index contributed by atoms with van der Waals surface area (Å²) in [6.45, 7) is 5.27. The molecule has 2 saturated heterocycles. The molecule has 4 heteroatoms. The van der Waals surface area contributed by atoms with E-state index in [1.165, 1.54) is 32.2 Å². The number of nitriles is 1. The van der Waals surface area contributed by atoms with Gasteiger partial charge in [0.05, 0.1) is 11.6 Å². The number of rotatable bonds is 2. The third-order valence-corrected chi connectivity index (χ3v) is 4.60. The Bertz CT molecular complexity index is 506. The minimum Gasteiger partial charge on any atom is -0.357 e. The van der Waals surface area contributed by atoms with Gasteiger partial charge in [-0.2, -0.15) is 5.26 Å². The summed E-state index contributed by atoms with van der Waals surface area (Å²) in [6, 6.07) is 6.72. The van der Waals surface area contributed by atoms with Crippen molar-refractivity contribution in [3.05, 3.63) is 23.4 Å². The van der Waals surface area contributed by atoms with Crippen molar-refractivity contribution in [1.82, 2.24) is 10.3 Å². The normalized spacial score (nSPS) is 23.8. The summed E-state index contributed by atoms with van der Waals surface area (Å²) in [4.78, 5) is 6.92. The van der Waals surface area contributed by atoms with Crippen molar-refractivity contribution in [1.29, 1.82) is 5.26 Å². The number of anilines is 1. The average Bonchev–Trinajstić information content (AvgIpc) is 3.01. The highest BCUT2D eigenvalue weighted by Gasteiger charge is 2.28. The molecule has 0 spiro atoms. The Morgan fingerprint density at radius 2 is 2.10 bits per heavy atom. The molecule has 20 heavy (non-hydrogen) atoms. The van der Waals surface area contributed by atoms with Crippen LogP contribution in [0.3, 0.4) is 0 Å². The first-order chi connectivity index (χ1) is 9.76. The molecular formula is C16H22N4. The van der Waals surface area contributed by atoms with Crippen LogP contribution in [-0.2, 0) is 0 Å². The monoisotopic (exact) mass is 270 g/mol. The molecule has 106 valence electrons. The van der Waals surface area contributed by atoms with Crippen molar-refractivity contribution in [2.45, 2.75) is 38.6 Å². The van der Waals surface area contributed by atoms with Crippen molar-refractivity contribution >= 4 is 5.82 Å². The van der Waals surface area contributed by atoms with E-state index >= 15 is 0 Å². The van der Waals surface area contributed by atoms with Gasteiger partial charge in [-0.15, -0.1) is 0 Å². The third-order valence-electron chi connectivity index (χ3n) is 4.60. The molecule has 0 radical (unpaired) electrons. The van der Waals surface area contributed by atoms with E-state index in [0.29, 0.717) is 5.56 Å². The third kappa shape index (κ3) is 2.78. The van der Waals surface area contributed by atoms with E-state index in [4.69, 9.17) is 5.26 Å². The van der Waals surface area contributed by atoms with Crippen molar-refractivity contribution in [3.63, 3.8) is 0 Å². The van der Waals surface area contributed by atoms with Gasteiger partial charge in [0.1, 0.15) is 5.82 Å². The number of hydrogen-bond acceptors (Lipinski definition) is 4. The first-order valence-electron chi connectivity index (χ1n) is 7.63. The first-order valence-corrected chi connectivity index (χ1v) is 7.63. The van der Waals surface area contributed by atoms with Crippen molar-refractivity contribution in [3.8, 4) is 6.07 Å². The van der Waals surface area contributed by atoms with E-state index in [2.05, 4.69) is 21.3 Å². The summed E-state index contributed by atoms with van der Waals surface area (Å²) in [7, 11) is 0. The lowest BCUT2D eigenvalue weighted by molar-refractivity contribution is 0.318. The molecule has 1 aromatic heterocycles. The van der Waals surface area contributed by atoms with Gasteiger partial charge < -0.3 is 10.2 Å². The molecule has 2 fully saturated rings. The smallest absolute Gasteiger partial charge is 0.130 e. The maximum Gasteiger partial charge on any atom is 0.130 e. The van der Waals surface area contributed by atoms with E-state index in [0.717, 1.165) is 36.6 Å². The summed E-state index contributed by atoms with van der Waals surface area (Å²) in [6.07, 6.45) is 5.13. The maximum absolute atomic E-state index is 9.07. The predicted octanol–water partition coefficient (Wildman–Crippen LogP) is 2.23. The summed E-state index contributed by atoms with van der Waals surface area (Å²) in [5.74, 6) is 1.79. The number of aryl methyl sites for hydroxylation is 1. The standard InChI is InChI=1S/C16H22N4/c1-12-9-13(11-17)10-16(19-12)20-7-4-14(5-8-20)15-3-2-6-18-15/h9-10,14-15,18H,2-8H2,1H3. The molecule has 2 aliphatic rings. The lowest BCUT2D eigenvalue weighted by Crippen LogP contribution is -2.41. The van der Waals surface area contributed by atoms with E-state index in [1.807, 2.05) is 19.1 Å². The average molecular weight is 270 g/mol. The van der Waals surface area contributed by atoms with E-state index in [-0.39, 0.29) is 0 Å². The van der Waals surface area contributed by atoms with Gasteiger partial charge in [0.25, 0.3) is 0 Å². The van der Waals surface area contributed by atoms with Gasteiger partial charge >= 0.3 is 0 Å². The minimum absolute atomic E-state index is 0.715. The van der Waals surface area contributed by atoms with Gasteiger partial charge in [0, 0.05) is 24.8 Å². The van der Waals surface area contributed by atoms with Crippen LogP contribution >= 0.6 is 0 Å². The second-order valence-corrected chi connectivity index (χ2v) is 5.99. The Morgan fingerprint density at radius 3 is 2.75 bits per heavy atom. The molecule has 0 amide bonds. The maximum atomic E-state index is 9.07. The van der Waals surface area contributed by atoms with Gasteiger partial charge in [0.15, 0.2) is 0 Å². The molecule has 4 nitrogen and oxygen atoms in total. The van der Waals surface area contributed by atoms with Gasteiger partial charge in [-0.3, -0.25) is 0 Å². The fraction of sp³-hybridized carbons (Fsp3) is 0.625. The van der Waals surface area contributed by atoms with Crippen LogP contribution in [0, 0.1) is 24.2 Å². The molecule has 0 aromatic carbocycles. The van der Waals surface area contributed by atoms with E-state index in [1.54, 1.807) is 0 Å². The van der Waals surface area contributed by atoms with Crippen LogP contribution in [0.5, 0.6) is 0 Å². The minimum atomic E-state index is 0.715. The predicted molar refractivity (Wildman–Crippen MR) is 79.7 cm³/mol. The Balaban J connectivity index is 1.65. The molecule has 1 N–H and O–H groups in total. The van der Waals surface area contributed by atoms with Crippen LogP contribution in [0.1, 0.15) is 36.9 Å². The molecular weight excluding hydrogens is 248 g/mol. The zero-order valence-corrected chi connectivity index (χ0v) is 12.1. The van der Waals surface area contributed by atoms with Crippen LogP contribution in [-0.4, -0.2) is 30.7 Å². The van der Waals surface area contributed by atoms with Gasteiger partial charge in [0.2, 0.25) is 0 Å². The highest BCUT2D eigenvalue weighted by molar-refractivity contribution is 5.46. The number of piperidine rings is 1. The Morgan fingerprint density at radius 1 is 1.30 bits per heavy atom.